The fraction of sp³-hybridized carbons (Fsp3) is 0.417. The van der Waals surface area contributed by atoms with Gasteiger partial charge in [-0.2, -0.15) is 0 Å². The number of aryl methyl sites for hydroxylation is 1. The summed E-state index contributed by atoms with van der Waals surface area (Å²) in [5.74, 6) is 0.132. The number of amides is 1. The summed E-state index contributed by atoms with van der Waals surface area (Å²) in [5, 5.41) is 2.88. The number of hydrogen-bond acceptors (Lipinski definition) is 1. The molecule has 0 aromatic heterocycles. The van der Waals surface area contributed by atoms with Crippen LogP contribution in [0.2, 0.25) is 0 Å². The lowest BCUT2D eigenvalue weighted by atomic mass is 10.1. The highest BCUT2D eigenvalue weighted by Gasteiger charge is 1.98. The summed E-state index contributed by atoms with van der Waals surface area (Å²) < 4.78 is 0. The first-order chi connectivity index (χ1) is 6.72. The molecule has 14 heavy (non-hydrogen) atoms. The molecule has 1 aromatic carbocycles. The van der Waals surface area contributed by atoms with Crippen molar-refractivity contribution in [2.45, 2.75) is 33.2 Å². The number of carbonyl (C=O) groups excluding carboxylic acids is 1. The number of benzene rings is 1. The molecule has 1 rings (SSSR count). The third-order valence-electron chi connectivity index (χ3n) is 2.09. The summed E-state index contributed by atoms with van der Waals surface area (Å²) in [5.41, 5.74) is 2.40. The van der Waals surface area contributed by atoms with Crippen LogP contribution in [0.4, 0.5) is 0 Å². The smallest absolute Gasteiger partial charge is 0.220 e. The molecule has 0 atom stereocenters. The summed E-state index contributed by atoms with van der Waals surface area (Å²) in [6.07, 6.45) is 1.52. The van der Waals surface area contributed by atoms with E-state index in [0.29, 0.717) is 13.0 Å². The minimum absolute atomic E-state index is 0. The Labute approximate surface area is 86.8 Å². The first-order valence-corrected chi connectivity index (χ1v) is 5.04. The van der Waals surface area contributed by atoms with Crippen LogP contribution >= 0.6 is 0 Å². The maximum Gasteiger partial charge on any atom is 0.220 e. The third kappa shape index (κ3) is 3.60. The van der Waals surface area contributed by atoms with Crippen molar-refractivity contribution >= 4 is 5.91 Å². The second-order valence-electron chi connectivity index (χ2n) is 3.51. The first kappa shape index (κ1) is 10.8. The van der Waals surface area contributed by atoms with E-state index >= 15 is 0 Å². The van der Waals surface area contributed by atoms with Gasteiger partial charge in [-0.1, -0.05) is 36.8 Å². The average Bonchev–Trinajstić information content (AvgIpc) is 2.17. The predicted octanol–water partition coefficient (Wildman–Crippen LogP) is 2.66. The van der Waals surface area contributed by atoms with Gasteiger partial charge < -0.3 is 5.32 Å². The Balaban J connectivity index is 0.00000196. The molecule has 0 unspecified atom stereocenters. The van der Waals surface area contributed by atoms with Crippen LogP contribution in [0.15, 0.2) is 24.3 Å². The molecule has 78 valence electrons. The highest BCUT2D eigenvalue weighted by molar-refractivity contribution is 5.75. The summed E-state index contributed by atoms with van der Waals surface area (Å²) in [6, 6.07) is 8.20. The zero-order chi connectivity index (χ0) is 10.4. The van der Waals surface area contributed by atoms with E-state index in [2.05, 4.69) is 24.4 Å². The van der Waals surface area contributed by atoms with Gasteiger partial charge in [0, 0.05) is 14.4 Å². The van der Waals surface area contributed by atoms with Gasteiger partial charge in [-0.05, 0) is 18.9 Å². The molecule has 0 spiro atoms. The molecule has 0 heterocycles. The molecule has 1 aromatic rings. The standard InChI is InChI=1S/C12H17NO.H2/c1-3-4-12(14)13-9-11-7-5-10(2)6-8-11;/h5-8H,3-4,9H2,1-2H3,(H,13,14);1H. The Morgan fingerprint density at radius 3 is 2.57 bits per heavy atom. The largest absolute Gasteiger partial charge is 0.352 e. The van der Waals surface area contributed by atoms with Gasteiger partial charge in [-0.15, -0.1) is 0 Å². The van der Waals surface area contributed by atoms with Crippen LogP contribution in [0.3, 0.4) is 0 Å². The molecule has 0 fully saturated rings. The lowest BCUT2D eigenvalue weighted by Crippen LogP contribution is -2.21. The lowest BCUT2D eigenvalue weighted by Gasteiger charge is -2.04. The number of rotatable bonds is 4. The van der Waals surface area contributed by atoms with E-state index in [1.807, 2.05) is 19.1 Å². The molecule has 0 aliphatic rings. The van der Waals surface area contributed by atoms with Crippen molar-refractivity contribution in [2.75, 3.05) is 0 Å². The lowest BCUT2D eigenvalue weighted by molar-refractivity contribution is -0.121. The number of hydrogen-bond donors (Lipinski definition) is 1. The summed E-state index contributed by atoms with van der Waals surface area (Å²) in [4.78, 5) is 11.2. The Morgan fingerprint density at radius 2 is 2.00 bits per heavy atom. The van der Waals surface area contributed by atoms with Crippen molar-refractivity contribution in [3.8, 4) is 0 Å². The van der Waals surface area contributed by atoms with E-state index in [1.165, 1.54) is 5.56 Å². The second-order valence-corrected chi connectivity index (χ2v) is 3.51. The van der Waals surface area contributed by atoms with Crippen LogP contribution in [-0.2, 0) is 11.3 Å². The SMILES string of the molecule is CCCC(=O)NCc1ccc(C)cc1.[HH]. The fourth-order valence-electron chi connectivity index (χ4n) is 1.22. The molecular formula is C12H19NO. The van der Waals surface area contributed by atoms with Crippen molar-refractivity contribution in [2.24, 2.45) is 0 Å². The normalized spacial score (nSPS) is 9.86. The van der Waals surface area contributed by atoms with Crippen LogP contribution in [0.5, 0.6) is 0 Å². The number of carbonyl (C=O) groups is 1. The van der Waals surface area contributed by atoms with E-state index in [4.69, 9.17) is 0 Å². The summed E-state index contributed by atoms with van der Waals surface area (Å²) in [6.45, 7) is 4.70. The summed E-state index contributed by atoms with van der Waals surface area (Å²) >= 11 is 0. The van der Waals surface area contributed by atoms with E-state index < -0.39 is 0 Å². The minimum atomic E-state index is 0. The Hall–Kier alpha value is -1.31. The average molecular weight is 193 g/mol. The first-order valence-electron chi connectivity index (χ1n) is 5.04. The zero-order valence-electron chi connectivity index (χ0n) is 8.84. The minimum Gasteiger partial charge on any atom is -0.352 e. The molecule has 0 radical (unpaired) electrons. The van der Waals surface area contributed by atoms with Crippen molar-refractivity contribution in [1.29, 1.82) is 0 Å². The Morgan fingerprint density at radius 1 is 1.36 bits per heavy atom. The molecule has 2 nitrogen and oxygen atoms in total. The Kier molecular flexibility index (Phi) is 4.17. The van der Waals surface area contributed by atoms with Crippen molar-refractivity contribution in [3.05, 3.63) is 35.4 Å². The van der Waals surface area contributed by atoms with Crippen LogP contribution in [0.1, 0.15) is 32.3 Å². The molecule has 0 saturated carbocycles. The van der Waals surface area contributed by atoms with Crippen molar-refractivity contribution in [3.63, 3.8) is 0 Å². The van der Waals surface area contributed by atoms with Gasteiger partial charge in [0.15, 0.2) is 0 Å². The molecular weight excluding hydrogens is 174 g/mol. The highest BCUT2D eigenvalue weighted by atomic mass is 16.1. The molecule has 0 saturated heterocycles. The van der Waals surface area contributed by atoms with Crippen LogP contribution < -0.4 is 5.32 Å². The quantitative estimate of drug-likeness (QED) is 0.782. The summed E-state index contributed by atoms with van der Waals surface area (Å²) in [7, 11) is 0. The van der Waals surface area contributed by atoms with E-state index in [0.717, 1.165) is 12.0 Å². The highest BCUT2D eigenvalue weighted by Crippen LogP contribution is 2.02. The van der Waals surface area contributed by atoms with E-state index in [9.17, 15) is 4.79 Å². The van der Waals surface area contributed by atoms with Gasteiger partial charge in [-0.3, -0.25) is 4.79 Å². The van der Waals surface area contributed by atoms with E-state index in [1.54, 1.807) is 0 Å². The Bertz CT molecular complexity index is 295. The zero-order valence-corrected chi connectivity index (χ0v) is 8.84. The molecule has 0 bridgehead atoms. The van der Waals surface area contributed by atoms with Crippen LogP contribution in [0, 0.1) is 6.92 Å². The van der Waals surface area contributed by atoms with Gasteiger partial charge in [0.25, 0.3) is 0 Å². The molecule has 0 aliphatic heterocycles. The van der Waals surface area contributed by atoms with Gasteiger partial charge in [-0.25, -0.2) is 0 Å². The topological polar surface area (TPSA) is 29.1 Å². The van der Waals surface area contributed by atoms with E-state index in [-0.39, 0.29) is 7.33 Å². The van der Waals surface area contributed by atoms with Crippen LogP contribution in [0.25, 0.3) is 0 Å². The molecule has 0 aliphatic carbocycles. The predicted molar refractivity (Wildman–Crippen MR) is 60.0 cm³/mol. The molecule has 1 N–H and O–H groups in total. The molecule has 1 amide bonds. The fourth-order valence-corrected chi connectivity index (χ4v) is 1.22. The maximum absolute atomic E-state index is 11.2. The van der Waals surface area contributed by atoms with Crippen LogP contribution in [-0.4, -0.2) is 5.91 Å². The van der Waals surface area contributed by atoms with Gasteiger partial charge >= 0.3 is 0 Å². The molecule has 2 heteroatoms. The van der Waals surface area contributed by atoms with Crippen molar-refractivity contribution in [1.82, 2.24) is 5.32 Å². The monoisotopic (exact) mass is 193 g/mol. The van der Waals surface area contributed by atoms with Gasteiger partial charge in [0.2, 0.25) is 5.91 Å². The number of nitrogens with one attached hydrogen (secondary N) is 1. The van der Waals surface area contributed by atoms with Gasteiger partial charge in [0.1, 0.15) is 0 Å². The van der Waals surface area contributed by atoms with Crippen molar-refractivity contribution < 1.29 is 6.22 Å². The van der Waals surface area contributed by atoms with Gasteiger partial charge in [0.05, 0.1) is 0 Å². The second kappa shape index (κ2) is 5.43. The third-order valence-corrected chi connectivity index (χ3v) is 2.09. The maximum atomic E-state index is 11.2.